The van der Waals surface area contributed by atoms with E-state index in [1.165, 1.54) is 19.2 Å². The summed E-state index contributed by atoms with van der Waals surface area (Å²) in [6.07, 6.45) is 0. The summed E-state index contributed by atoms with van der Waals surface area (Å²) in [5.74, 6) is 1.05. The van der Waals surface area contributed by atoms with Crippen molar-refractivity contribution < 1.29 is 17.9 Å². The number of amides is 1. The largest absolute Gasteiger partial charge is 0.495 e. The Hall–Kier alpha value is -2.97. The van der Waals surface area contributed by atoms with Crippen molar-refractivity contribution in [3.8, 4) is 5.75 Å². The molecule has 0 aromatic heterocycles. The van der Waals surface area contributed by atoms with Gasteiger partial charge in [-0.05, 0) is 66.8 Å². The molecule has 31 heavy (non-hydrogen) atoms. The lowest BCUT2D eigenvalue weighted by atomic mass is 10.2. The number of ether oxygens (including phenoxy) is 1. The van der Waals surface area contributed by atoms with Crippen LogP contribution in [0.1, 0.15) is 22.8 Å². The van der Waals surface area contributed by atoms with Gasteiger partial charge in [0.05, 0.1) is 23.3 Å². The molecule has 0 aliphatic heterocycles. The second kappa shape index (κ2) is 9.89. The monoisotopic (exact) mass is 456 g/mol. The molecule has 0 atom stereocenters. The third kappa shape index (κ3) is 5.59. The van der Waals surface area contributed by atoms with E-state index in [1.54, 1.807) is 42.1 Å². The van der Waals surface area contributed by atoms with Crippen LogP contribution in [0.15, 0.2) is 76.5 Å². The van der Waals surface area contributed by atoms with Crippen LogP contribution < -0.4 is 14.8 Å². The molecule has 3 aromatic carbocycles. The van der Waals surface area contributed by atoms with Crippen LogP contribution in [0.5, 0.6) is 5.75 Å². The standard InChI is InChI=1S/C23H24N2O4S2/c1-4-30-22-8-6-5-7-19(22)23(26)24-17-10-12-18(13-11-17)31(27,28)25-20-15-16(2)9-14-21(20)29-3/h5-15,25H,4H2,1-3H3,(H,24,26). The first kappa shape index (κ1) is 22.7. The van der Waals surface area contributed by atoms with Gasteiger partial charge in [-0.3, -0.25) is 9.52 Å². The van der Waals surface area contributed by atoms with Crippen LogP contribution >= 0.6 is 11.8 Å². The van der Waals surface area contributed by atoms with Gasteiger partial charge in [0.25, 0.3) is 15.9 Å². The van der Waals surface area contributed by atoms with Crippen molar-refractivity contribution in [2.75, 3.05) is 22.9 Å². The summed E-state index contributed by atoms with van der Waals surface area (Å²) >= 11 is 1.59. The first-order chi connectivity index (χ1) is 14.8. The second-order valence-corrected chi connectivity index (χ2v) is 9.71. The first-order valence-corrected chi connectivity index (χ1v) is 12.1. The smallest absolute Gasteiger partial charge is 0.262 e. The molecule has 0 aliphatic rings. The minimum Gasteiger partial charge on any atom is -0.495 e. The number of carbonyl (C=O) groups excluding carboxylic acids is 1. The molecule has 0 aliphatic carbocycles. The van der Waals surface area contributed by atoms with E-state index in [4.69, 9.17) is 4.74 Å². The molecule has 2 N–H and O–H groups in total. The van der Waals surface area contributed by atoms with Crippen molar-refractivity contribution in [3.05, 3.63) is 77.9 Å². The lowest BCUT2D eigenvalue weighted by Crippen LogP contribution is -2.15. The molecule has 0 spiro atoms. The molecule has 0 saturated carbocycles. The molecule has 0 fully saturated rings. The van der Waals surface area contributed by atoms with Crippen LogP contribution in [-0.4, -0.2) is 27.2 Å². The minimum atomic E-state index is -3.82. The Balaban J connectivity index is 1.77. The Morgan fingerprint density at radius 1 is 1.03 bits per heavy atom. The van der Waals surface area contributed by atoms with E-state index >= 15 is 0 Å². The summed E-state index contributed by atoms with van der Waals surface area (Å²) in [6, 6.07) is 18.7. The predicted octanol–water partition coefficient (Wildman–Crippen LogP) is 5.17. The normalized spacial score (nSPS) is 11.1. The van der Waals surface area contributed by atoms with E-state index in [1.807, 2.05) is 38.1 Å². The molecule has 0 unspecified atom stereocenters. The average molecular weight is 457 g/mol. The van der Waals surface area contributed by atoms with Crippen molar-refractivity contribution in [1.29, 1.82) is 0 Å². The maximum absolute atomic E-state index is 12.8. The number of rotatable bonds is 8. The van der Waals surface area contributed by atoms with Crippen LogP contribution in [0.3, 0.4) is 0 Å². The number of hydrogen-bond donors (Lipinski definition) is 2. The third-order valence-corrected chi connectivity index (χ3v) is 6.79. The summed E-state index contributed by atoms with van der Waals surface area (Å²) in [6.45, 7) is 3.89. The molecule has 3 aromatic rings. The highest BCUT2D eigenvalue weighted by Gasteiger charge is 2.17. The van der Waals surface area contributed by atoms with E-state index < -0.39 is 10.0 Å². The second-order valence-electron chi connectivity index (χ2n) is 6.72. The van der Waals surface area contributed by atoms with Crippen molar-refractivity contribution in [1.82, 2.24) is 0 Å². The molecular formula is C23H24N2O4S2. The average Bonchev–Trinajstić information content (AvgIpc) is 2.74. The SMILES string of the molecule is CCSc1ccccc1C(=O)Nc1ccc(S(=O)(=O)Nc2cc(C)ccc2OC)cc1. The Labute approximate surface area is 187 Å². The zero-order chi connectivity index (χ0) is 22.4. The number of aryl methyl sites for hydroxylation is 1. The molecular weight excluding hydrogens is 432 g/mol. The van der Waals surface area contributed by atoms with Crippen LogP contribution in [0.25, 0.3) is 0 Å². The van der Waals surface area contributed by atoms with Crippen molar-refractivity contribution in [2.24, 2.45) is 0 Å². The summed E-state index contributed by atoms with van der Waals surface area (Å²) in [5.41, 5.74) is 2.36. The van der Waals surface area contributed by atoms with Crippen LogP contribution in [0.2, 0.25) is 0 Å². The Morgan fingerprint density at radius 3 is 2.42 bits per heavy atom. The minimum absolute atomic E-state index is 0.0796. The van der Waals surface area contributed by atoms with Gasteiger partial charge in [-0.1, -0.05) is 25.1 Å². The highest BCUT2D eigenvalue weighted by Crippen LogP contribution is 2.28. The maximum Gasteiger partial charge on any atom is 0.262 e. The van der Waals surface area contributed by atoms with Gasteiger partial charge in [-0.25, -0.2) is 8.42 Å². The highest BCUT2D eigenvalue weighted by molar-refractivity contribution is 7.99. The van der Waals surface area contributed by atoms with Gasteiger partial charge in [0.1, 0.15) is 5.75 Å². The molecule has 6 nitrogen and oxygen atoms in total. The zero-order valence-electron chi connectivity index (χ0n) is 17.5. The number of hydrogen-bond acceptors (Lipinski definition) is 5. The number of sulfonamides is 1. The lowest BCUT2D eigenvalue weighted by Gasteiger charge is -2.13. The summed E-state index contributed by atoms with van der Waals surface area (Å²) in [5, 5.41) is 2.82. The number of methoxy groups -OCH3 is 1. The van der Waals surface area contributed by atoms with E-state index in [2.05, 4.69) is 10.0 Å². The molecule has 3 rings (SSSR count). The molecule has 0 radical (unpaired) electrons. The lowest BCUT2D eigenvalue weighted by molar-refractivity contribution is 0.102. The third-order valence-electron chi connectivity index (χ3n) is 4.45. The number of thioether (sulfide) groups is 1. The van der Waals surface area contributed by atoms with E-state index in [0.29, 0.717) is 22.7 Å². The molecule has 0 saturated heterocycles. The fraction of sp³-hybridized carbons (Fsp3) is 0.174. The molecule has 8 heteroatoms. The van der Waals surface area contributed by atoms with Gasteiger partial charge in [0.2, 0.25) is 0 Å². The van der Waals surface area contributed by atoms with E-state index in [0.717, 1.165) is 16.2 Å². The molecule has 0 bridgehead atoms. The van der Waals surface area contributed by atoms with Gasteiger partial charge >= 0.3 is 0 Å². The highest BCUT2D eigenvalue weighted by atomic mass is 32.2. The quantitative estimate of drug-likeness (QED) is 0.457. The molecule has 162 valence electrons. The fourth-order valence-electron chi connectivity index (χ4n) is 2.96. The number of benzene rings is 3. The van der Waals surface area contributed by atoms with Gasteiger partial charge in [-0.15, -0.1) is 11.8 Å². The molecule has 0 heterocycles. The fourth-order valence-corrected chi connectivity index (χ4v) is 4.82. The van der Waals surface area contributed by atoms with Gasteiger partial charge in [0, 0.05) is 10.6 Å². The summed E-state index contributed by atoms with van der Waals surface area (Å²) in [4.78, 5) is 13.6. The van der Waals surface area contributed by atoms with Crippen LogP contribution in [-0.2, 0) is 10.0 Å². The first-order valence-electron chi connectivity index (χ1n) is 9.64. The van der Waals surface area contributed by atoms with Crippen molar-refractivity contribution in [2.45, 2.75) is 23.6 Å². The van der Waals surface area contributed by atoms with Gasteiger partial charge in [0.15, 0.2) is 0 Å². The number of anilines is 2. The maximum atomic E-state index is 12.8. The topological polar surface area (TPSA) is 84.5 Å². The summed E-state index contributed by atoms with van der Waals surface area (Å²) < 4.78 is 33.4. The Kier molecular flexibility index (Phi) is 7.25. The number of nitrogens with one attached hydrogen (secondary N) is 2. The zero-order valence-corrected chi connectivity index (χ0v) is 19.1. The number of carbonyl (C=O) groups is 1. The Morgan fingerprint density at radius 2 is 1.74 bits per heavy atom. The van der Waals surface area contributed by atoms with Gasteiger partial charge in [-0.2, -0.15) is 0 Å². The molecule has 1 amide bonds. The van der Waals surface area contributed by atoms with Crippen LogP contribution in [0, 0.1) is 6.92 Å². The predicted molar refractivity (Wildman–Crippen MR) is 126 cm³/mol. The Bertz CT molecular complexity index is 1180. The van der Waals surface area contributed by atoms with E-state index in [9.17, 15) is 13.2 Å². The summed E-state index contributed by atoms with van der Waals surface area (Å²) in [7, 11) is -2.34. The van der Waals surface area contributed by atoms with E-state index in [-0.39, 0.29) is 10.8 Å². The van der Waals surface area contributed by atoms with Crippen LogP contribution in [0.4, 0.5) is 11.4 Å². The van der Waals surface area contributed by atoms with Gasteiger partial charge < -0.3 is 10.1 Å². The van der Waals surface area contributed by atoms with Crippen molar-refractivity contribution in [3.63, 3.8) is 0 Å². The van der Waals surface area contributed by atoms with Crippen molar-refractivity contribution >= 4 is 39.1 Å².